The first-order valence-corrected chi connectivity index (χ1v) is 4.72. The van der Waals surface area contributed by atoms with Crippen LogP contribution < -0.4 is 0 Å². The Morgan fingerprint density at radius 3 is 2.31 bits per heavy atom. The quantitative estimate of drug-likeness (QED) is 0.694. The lowest BCUT2D eigenvalue weighted by molar-refractivity contribution is 0.496. The molecule has 0 aliphatic rings. The van der Waals surface area contributed by atoms with Crippen molar-refractivity contribution >= 4 is 11.6 Å². The maximum absolute atomic E-state index is 13.4. The molecular weight excluding hydrogens is 239 g/mol. The number of rotatable bonds is 1. The number of nitrogens with zero attached hydrogens (tertiary/aromatic N) is 1. The highest BCUT2D eigenvalue weighted by atomic mass is 35.5. The third-order valence-corrected chi connectivity index (χ3v) is 2.24. The van der Waals surface area contributed by atoms with E-state index < -0.39 is 17.5 Å². The van der Waals surface area contributed by atoms with Crippen LogP contribution in [0.25, 0.3) is 11.3 Å². The van der Waals surface area contributed by atoms with Crippen LogP contribution in [0.15, 0.2) is 30.5 Å². The number of hydrogen-bond acceptors (Lipinski definition) is 1. The third kappa shape index (κ3) is 2.02. The summed E-state index contributed by atoms with van der Waals surface area (Å²) in [6.45, 7) is 0. The van der Waals surface area contributed by atoms with Crippen molar-refractivity contribution in [2.24, 2.45) is 0 Å². The van der Waals surface area contributed by atoms with E-state index in [1.807, 2.05) is 0 Å². The fraction of sp³-hybridized carbons (Fsp3) is 0. The van der Waals surface area contributed by atoms with Gasteiger partial charge in [-0.1, -0.05) is 11.6 Å². The average Bonchev–Trinajstić information content (AvgIpc) is 2.23. The summed E-state index contributed by atoms with van der Waals surface area (Å²) in [7, 11) is 0. The molecule has 2 rings (SSSR count). The van der Waals surface area contributed by atoms with E-state index in [0.29, 0.717) is 11.1 Å². The molecule has 0 amide bonds. The second-order valence-corrected chi connectivity index (χ2v) is 3.54. The minimum atomic E-state index is -1.23. The van der Waals surface area contributed by atoms with Gasteiger partial charge >= 0.3 is 0 Å². The van der Waals surface area contributed by atoms with E-state index in [-0.39, 0.29) is 11.3 Å². The standard InChI is InChI=1S/C11H5ClF3N/c12-6-1-2-16-11(3-6)7-4-9(14)10(15)5-8(7)13/h1-5H. The molecule has 5 heteroatoms. The summed E-state index contributed by atoms with van der Waals surface area (Å²) in [6.07, 6.45) is 1.36. The van der Waals surface area contributed by atoms with E-state index >= 15 is 0 Å². The van der Waals surface area contributed by atoms with Crippen LogP contribution in [0.1, 0.15) is 0 Å². The van der Waals surface area contributed by atoms with Crippen LogP contribution in [0.4, 0.5) is 13.2 Å². The molecule has 0 spiro atoms. The largest absolute Gasteiger partial charge is 0.256 e. The highest BCUT2D eigenvalue weighted by Crippen LogP contribution is 2.25. The SMILES string of the molecule is Fc1cc(F)c(-c2cc(Cl)ccn2)cc1F. The molecule has 0 saturated heterocycles. The van der Waals surface area contributed by atoms with E-state index in [4.69, 9.17) is 11.6 Å². The molecule has 1 nitrogen and oxygen atoms in total. The first-order chi connectivity index (χ1) is 7.58. The van der Waals surface area contributed by atoms with Crippen molar-refractivity contribution in [1.82, 2.24) is 4.98 Å². The minimum Gasteiger partial charge on any atom is -0.256 e. The second-order valence-electron chi connectivity index (χ2n) is 3.11. The Labute approximate surface area is 94.5 Å². The van der Waals surface area contributed by atoms with Gasteiger partial charge in [-0.15, -0.1) is 0 Å². The maximum Gasteiger partial charge on any atom is 0.161 e. The van der Waals surface area contributed by atoms with Crippen LogP contribution in [-0.2, 0) is 0 Å². The molecule has 0 bridgehead atoms. The Morgan fingerprint density at radius 2 is 1.62 bits per heavy atom. The zero-order valence-electron chi connectivity index (χ0n) is 7.85. The number of benzene rings is 1. The zero-order valence-corrected chi connectivity index (χ0v) is 8.60. The summed E-state index contributed by atoms with van der Waals surface area (Å²) in [6, 6.07) is 4.11. The van der Waals surface area contributed by atoms with Crippen molar-refractivity contribution in [3.05, 3.63) is 52.9 Å². The van der Waals surface area contributed by atoms with Gasteiger partial charge in [-0.3, -0.25) is 4.98 Å². The van der Waals surface area contributed by atoms with Gasteiger partial charge < -0.3 is 0 Å². The molecule has 1 aromatic heterocycles. The molecule has 1 aromatic carbocycles. The average molecular weight is 244 g/mol. The second kappa shape index (κ2) is 4.14. The summed E-state index contributed by atoms with van der Waals surface area (Å²) in [5, 5.41) is 0.342. The highest BCUT2D eigenvalue weighted by Gasteiger charge is 2.12. The normalized spacial score (nSPS) is 10.5. The number of halogens is 4. The Balaban J connectivity index is 2.60. The van der Waals surface area contributed by atoms with Gasteiger partial charge in [-0.25, -0.2) is 13.2 Å². The van der Waals surface area contributed by atoms with Gasteiger partial charge in [0.1, 0.15) is 5.82 Å². The van der Waals surface area contributed by atoms with Gasteiger partial charge in [0.05, 0.1) is 5.69 Å². The van der Waals surface area contributed by atoms with E-state index in [2.05, 4.69) is 4.98 Å². The Morgan fingerprint density at radius 1 is 0.938 bits per heavy atom. The molecule has 0 N–H and O–H groups in total. The van der Waals surface area contributed by atoms with Crippen LogP contribution >= 0.6 is 11.6 Å². The molecule has 2 aromatic rings. The monoisotopic (exact) mass is 243 g/mol. The van der Waals surface area contributed by atoms with Gasteiger partial charge in [-0.2, -0.15) is 0 Å². The van der Waals surface area contributed by atoms with Crippen LogP contribution in [0.5, 0.6) is 0 Å². The summed E-state index contributed by atoms with van der Waals surface area (Å²) >= 11 is 5.69. The Hall–Kier alpha value is -1.55. The van der Waals surface area contributed by atoms with Crippen molar-refractivity contribution in [2.75, 3.05) is 0 Å². The molecule has 0 aliphatic heterocycles. The van der Waals surface area contributed by atoms with Crippen LogP contribution in [0.3, 0.4) is 0 Å². The Bertz CT molecular complexity index is 543. The first kappa shape index (κ1) is 11.0. The van der Waals surface area contributed by atoms with Crippen LogP contribution in [-0.4, -0.2) is 4.98 Å². The van der Waals surface area contributed by atoms with E-state index in [1.165, 1.54) is 18.3 Å². The molecule has 0 saturated carbocycles. The highest BCUT2D eigenvalue weighted by molar-refractivity contribution is 6.30. The van der Waals surface area contributed by atoms with Crippen molar-refractivity contribution in [3.63, 3.8) is 0 Å². The molecule has 0 radical (unpaired) electrons. The molecule has 0 unspecified atom stereocenters. The van der Waals surface area contributed by atoms with Gasteiger partial charge in [-0.05, 0) is 18.2 Å². The Kier molecular flexibility index (Phi) is 2.83. The van der Waals surface area contributed by atoms with Gasteiger partial charge in [0.15, 0.2) is 11.6 Å². The molecule has 0 aliphatic carbocycles. The van der Waals surface area contributed by atoms with Crippen LogP contribution in [0.2, 0.25) is 5.02 Å². The third-order valence-electron chi connectivity index (χ3n) is 2.01. The van der Waals surface area contributed by atoms with Crippen molar-refractivity contribution in [1.29, 1.82) is 0 Å². The lowest BCUT2D eigenvalue weighted by atomic mass is 10.1. The van der Waals surface area contributed by atoms with Crippen molar-refractivity contribution in [2.45, 2.75) is 0 Å². The number of pyridine rings is 1. The summed E-state index contributed by atoms with van der Waals surface area (Å²) in [5.74, 6) is -3.24. The summed E-state index contributed by atoms with van der Waals surface area (Å²) in [4.78, 5) is 3.83. The number of hydrogen-bond donors (Lipinski definition) is 0. The first-order valence-electron chi connectivity index (χ1n) is 4.34. The lowest BCUT2D eigenvalue weighted by Crippen LogP contribution is -1.92. The summed E-state index contributed by atoms with van der Waals surface area (Å²) < 4.78 is 39.0. The van der Waals surface area contributed by atoms with Crippen molar-refractivity contribution < 1.29 is 13.2 Å². The molecule has 1 heterocycles. The van der Waals surface area contributed by atoms with E-state index in [9.17, 15) is 13.2 Å². The van der Waals surface area contributed by atoms with Gasteiger partial charge in [0, 0.05) is 22.8 Å². The predicted octanol–water partition coefficient (Wildman–Crippen LogP) is 3.82. The minimum absolute atomic E-state index is 0.124. The zero-order chi connectivity index (χ0) is 11.7. The number of aromatic nitrogens is 1. The van der Waals surface area contributed by atoms with Gasteiger partial charge in [0.2, 0.25) is 0 Å². The summed E-state index contributed by atoms with van der Waals surface area (Å²) in [5.41, 5.74) is 0.0327. The smallest absolute Gasteiger partial charge is 0.161 e. The lowest BCUT2D eigenvalue weighted by Gasteiger charge is -2.03. The molecule has 82 valence electrons. The fourth-order valence-electron chi connectivity index (χ4n) is 1.27. The molecular formula is C11H5ClF3N. The molecule has 16 heavy (non-hydrogen) atoms. The van der Waals surface area contributed by atoms with E-state index in [0.717, 1.165) is 6.07 Å². The fourth-order valence-corrected chi connectivity index (χ4v) is 1.43. The van der Waals surface area contributed by atoms with E-state index in [1.54, 1.807) is 0 Å². The van der Waals surface area contributed by atoms with Crippen LogP contribution in [0, 0.1) is 17.5 Å². The topological polar surface area (TPSA) is 12.9 Å². The predicted molar refractivity (Wildman–Crippen MR) is 54.6 cm³/mol. The maximum atomic E-state index is 13.4. The van der Waals surface area contributed by atoms with Gasteiger partial charge in [0.25, 0.3) is 0 Å². The molecule has 0 fully saturated rings. The van der Waals surface area contributed by atoms with Crippen molar-refractivity contribution in [3.8, 4) is 11.3 Å². The molecule has 0 atom stereocenters.